The van der Waals surface area contributed by atoms with Crippen LogP contribution in [0.4, 0.5) is 0 Å². The number of amides is 1. The third-order valence-electron chi connectivity index (χ3n) is 2.41. The molecule has 0 aromatic carbocycles. The molecular weight excluding hydrogens is 150 g/mol. The maximum atomic E-state index is 11.2. The van der Waals surface area contributed by atoms with Crippen molar-refractivity contribution in [3.8, 4) is 0 Å². The van der Waals surface area contributed by atoms with Crippen molar-refractivity contribution in [2.75, 3.05) is 13.6 Å². The lowest BCUT2D eigenvalue weighted by Gasteiger charge is -2.21. The van der Waals surface area contributed by atoms with E-state index in [0.717, 1.165) is 19.4 Å². The summed E-state index contributed by atoms with van der Waals surface area (Å²) in [4.78, 5) is 13.0. The minimum Gasteiger partial charge on any atom is -0.345 e. The topological polar surface area (TPSA) is 20.3 Å². The van der Waals surface area contributed by atoms with Crippen LogP contribution in [0.15, 0.2) is 0 Å². The number of rotatable bonds is 5. The van der Waals surface area contributed by atoms with Gasteiger partial charge in [0.25, 0.3) is 0 Å². The second kappa shape index (κ2) is 6.04. The van der Waals surface area contributed by atoms with Gasteiger partial charge in [-0.05, 0) is 5.92 Å². The summed E-state index contributed by atoms with van der Waals surface area (Å²) in [5, 5.41) is 0. The molecule has 1 amide bonds. The first-order chi connectivity index (χ1) is 5.65. The molecule has 0 fully saturated rings. The monoisotopic (exact) mass is 171 g/mol. The van der Waals surface area contributed by atoms with Crippen LogP contribution in [0.1, 0.15) is 40.0 Å². The first-order valence-corrected chi connectivity index (χ1v) is 4.89. The average molecular weight is 171 g/mol. The van der Waals surface area contributed by atoms with E-state index in [1.807, 2.05) is 18.9 Å². The Kier molecular flexibility index (Phi) is 5.77. The normalized spacial score (nSPS) is 10.4. The van der Waals surface area contributed by atoms with Crippen molar-refractivity contribution in [2.45, 2.75) is 40.0 Å². The van der Waals surface area contributed by atoms with E-state index in [4.69, 9.17) is 0 Å². The molecule has 0 aromatic rings. The van der Waals surface area contributed by atoms with Crippen LogP contribution in [0.2, 0.25) is 0 Å². The largest absolute Gasteiger partial charge is 0.345 e. The Morgan fingerprint density at radius 3 is 2.08 bits per heavy atom. The Morgan fingerprint density at radius 2 is 1.75 bits per heavy atom. The Morgan fingerprint density at radius 1 is 1.25 bits per heavy atom. The maximum absolute atomic E-state index is 11.2. The zero-order chi connectivity index (χ0) is 9.56. The fourth-order valence-corrected chi connectivity index (χ4v) is 1.31. The standard InChI is InChI=1S/C10H21NO/c1-5-9(6-2)8-11(4)10(12)7-3/h9H,5-8H2,1-4H3. The molecule has 0 rings (SSSR count). The molecule has 0 unspecified atom stereocenters. The highest BCUT2D eigenvalue weighted by Gasteiger charge is 2.10. The number of hydrogen-bond donors (Lipinski definition) is 0. The number of carbonyl (C=O) groups is 1. The summed E-state index contributed by atoms with van der Waals surface area (Å²) in [6, 6.07) is 0. The molecule has 0 bridgehead atoms. The molecular formula is C10H21NO. The summed E-state index contributed by atoms with van der Waals surface area (Å²) >= 11 is 0. The predicted molar refractivity (Wildman–Crippen MR) is 52.0 cm³/mol. The third kappa shape index (κ3) is 3.74. The fourth-order valence-electron chi connectivity index (χ4n) is 1.31. The zero-order valence-corrected chi connectivity index (χ0v) is 8.76. The molecule has 0 radical (unpaired) electrons. The van der Waals surface area contributed by atoms with Crippen molar-refractivity contribution in [3.05, 3.63) is 0 Å². The van der Waals surface area contributed by atoms with Gasteiger partial charge in [-0.1, -0.05) is 33.6 Å². The van der Waals surface area contributed by atoms with Gasteiger partial charge in [-0.25, -0.2) is 0 Å². The second-order valence-corrected chi connectivity index (χ2v) is 3.31. The molecule has 2 heteroatoms. The summed E-state index contributed by atoms with van der Waals surface area (Å²) in [5.41, 5.74) is 0. The number of carbonyl (C=O) groups excluding carboxylic acids is 1. The van der Waals surface area contributed by atoms with E-state index in [9.17, 15) is 4.79 Å². The van der Waals surface area contributed by atoms with Crippen LogP contribution in [-0.4, -0.2) is 24.4 Å². The highest BCUT2D eigenvalue weighted by molar-refractivity contribution is 5.75. The molecule has 0 N–H and O–H groups in total. The predicted octanol–water partition coefficient (Wildman–Crippen LogP) is 2.29. The van der Waals surface area contributed by atoms with Crippen LogP contribution in [-0.2, 0) is 4.79 Å². The minimum atomic E-state index is 0.252. The molecule has 0 heterocycles. The first-order valence-electron chi connectivity index (χ1n) is 4.89. The van der Waals surface area contributed by atoms with Gasteiger partial charge in [0.2, 0.25) is 5.91 Å². The van der Waals surface area contributed by atoms with Crippen molar-refractivity contribution in [2.24, 2.45) is 5.92 Å². The molecule has 12 heavy (non-hydrogen) atoms. The Hall–Kier alpha value is -0.530. The van der Waals surface area contributed by atoms with Crippen LogP contribution in [0.3, 0.4) is 0 Å². The van der Waals surface area contributed by atoms with Crippen molar-refractivity contribution >= 4 is 5.91 Å². The van der Waals surface area contributed by atoms with Gasteiger partial charge in [-0.2, -0.15) is 0 Å². The van der Waals surface area contributed by atoms with E-state index in [1.54, 1.807) is 0 Å². The molecule has 0 aliphatic heterocycles. The molecule has 0 aromatic heterocycles. The Balaban J connectivity index is 3.80. The minimum absolute atomic E-state index is 0.252. The summed E-state index contributed by atoms with van der Waals surface area (Å²) in [6.07, 6.45) is 2.95. The van der Waals surface area contributed by atoms with Crippen LogP contribution in [0, 0.1) is 5.92 Å². The summed E-state index contributed by atoms with van der Waals surface area (Å²) in [7, 11) is 1.89. The summed E-state index contributed by atoms with van der Waals surface area (Å²) in [6.45, 7) is 7.18. The quantitative estimate of drug-likeness (QED) is 0.621. The molecule has 2 nitrogen and oxygen atoms in total. The van der Waals surface area contributed by atoms with Gasteiger partial charge < -0.3 is 4.90 Å². The lowest BCUT2D eigenvalue weighted by atomic mass is 10.0. The van der Waals surface area contributed by atoms with Crippen molar-refractivity contribution in [3.63, 3.8) is 0 Å². The zero-order valence-electron chi connectivity index (χ0n) is 8.76. The molecule has 72 valence electrons. The van der Waals surface area contributed by atoms with Gasteiger partial charge in [0.1, 0.15) is 0 Å². The van der Waals surface area contributed by atoms with E-state index in [-0.39, 0.29) is 5.91 Å². The van der Waals surface area contributed by atoms with E-state index in [1.165, 1.54) is 0 Å². The van der Waals surface area contributed by atoms with Gasteiger partial charge in [0.05, 0.1) is 0 Å². The third-order valence-corrected chi connectivity index (χ3v) is 2.41. The number of nitrogens with zero attached hydrogens (tertiary/aromatic N) is 1. The molecule has 0 spiro atoms. The summed E-state index contributed by atoms with van der Waals surface area (Å²) in [5.74, 6) is 0.924. The van der Waals surface area contributed by atoms with Crippen LogP contribution >= 0.6 is 0 Å². The van der Waals surface area contributed by atoms with Crippen molar-refractivity contribution in [1.82, 2.24) is 4.90 Å². The van der Waals surface area contributed by atoms with E-state index < -0.39 is 0 Å². The molecule has 0 aliphatic carbocycles. The average Bonchev–Trinajstić information content (AvgIpc) is 2.12. The van der Waals surface area contributed by atoms with Gasteiger partial charge in [0.15, 0.2) is 0 Å². The first kappa shape index (κ1) is 11.5. The van der Waals surface area contributed by atoms with Crippen LogP contribution < -0.4 is 0 Å². The smallest absolute Gasteiger partial charge is 0.222 e. The SMILES string of the molecule is CCC(=O)N(C)CC(CC)CC. The van der Waals surface area contributed by atoms with E-state index in [2.05, 4.69) is 13.8 Å². The Labute approximate surface area is 75.9 Å². The van der Waals surface area contributed by atoms with Gasteiger partial charge >= 0.3 is 0 Å². The van der Waals surface area contributed by atoms with Gasteiger partial charge in [-0.15, -0.1) is 0 Å². The highest BCUT2D eigenvalue weighted by atomic mass is 16.2. The van der Waals surface area contributed by atoms with E-state index >= 15 is 0 Å². The molecule has 0 aliphatic rings. The number of hydrogen-bond acceptors (Lipinski definition) is 1. The van der Waals surface area contributed by atoms with Crippen molar-refractivity contribution in [1.29, 1.82) is 0 Å². The lowest BCUT2D eigenvalue weighted by molar-refractivity contribution is -0.130. The fraction of sp³-hybridized carbons (Fsp3) is 0.900. The summed E-state index contributed by atoms with van der Waals surface area (Å²) < 4.78 is 0. The van der Waals surface area contributed by atoms with Crippen LogP contribution in [0.25, 0.3) is 0 Å². The van der Waals surface area contributed by atoms with E-state index in [0.29, 0.717) is 12.3 Å². The Bertz CT molecular complexity index is 130. The van der Waals surface area contributed by atoms with Gasteiger partial charge in [-0.3, -0.25) is 4.79 Å². The second-order valence-electron chi connectivity index (χ2n) is 3.31. The molecule has 0 atom stereocenters. The molecule has 0 saturated carbocycles. The highest BCUT2D eigenvalue weighted by Crippen LogP contribution is 2.09. The lowest BCUT2D eigenvalue weighted by Crippen LogP contribution is -2.30. The molecule has 0 saturated heterocycles. The van der Waals surface area contributed by atoms with Crippen molar-refractivity contribution < 1.29 is 4.79 Å². The van der Waals surface area contributed by atoms with Gasteiger partial charge in [0, 0.05) is 20.0 Å². The maximum Gasteiger partial charge on any atom is 0.222 e. The van der Waals surface area contributed by atoms with Crippen LogP contribution in [0.5, 0.6) is 0 Å².